The van der Waals surface area contributed by atoms with E-state index in [1.165, 1.54) is 11.9 Å². The lowest BCUT2D eigenvalue weighted by molar-refractivity contribution is -0.137. The standard InChI is InChI=1S/C22H29N3O6/c1-14-18(15(2)31-24-14)12-29-17-9-7-16(8-10-17)21(28)30-13-20(27)25(6)11-19(26)23-22(3,4)5/h7-10H,11-13H2,1-6H3,(H,23,26). The molecule has 1 heterocycles. The molecule has 0 bridgehead atoms. The molecule has 0 saturated heterocycles. The fourth-order valence-corrected chi connectivity index (χ4v) is 2.63. The van der Waals surface area contributed by atoms with E-state index in [2.05, 4.69) is 10.5 Å². The van der Waals surface area contributed by atoms with E-state index >= 15 is 0 Å². The Bertz CT molecular complexity index is 908. The monoisotopic (exact) mass is 431 g/mol. The Labute approximate surface area is 181 Å². The molecule has 0 atom stereocenters. The van der Waals surface area contributed by atoms with Gasteiger partial charge in [0.05, 0.1) is 23.4 Å². The topological polar surface area (TPSA) is 111 Å². The minimum atomic E-state index is -0.641. The minimum absolute atomic E-state index is 0.120. The molecule has 1 aromatic carbocycles. The molecule has 0 saturated carbocycles. The molecular formula is C22H29N3O6. The normalized spacial score (nSPS) is 11.0. The van der Waals surface area contributed by atoms with E-state index in [9.17, 15) is 14.4 Å². The number of amides is 2. The highest BCUT2D eigenvalue weighted by Crippen LogP contribution is 2.18. The average molecular weight is 431 g/mol. The Morgan fingerprint density at radius 1 is 1.13 bits per heavy atom. The summed E-state index contributed by atoms with van der Waals surface area (Å²) in [6.07, 6.45) is 0. The molecule has 0 spiro atoms. The molecule has 0 aliphatic rings. The first-order chi connectivity index (χ1) is 14.5. The van der Waals surface area contributed by atoms with Gasteiger partial charge in [-0.25, -0.2) is 4.79 Å². The van der Waals surface area contributed by atoms with Gasteiger partial charge in [0.1, 0.15) is 18.1 Å². The van der Waals surface area contributed by atoms with E-state index in [0.717, 1.165) is 11.3 Å². The van der Waals surface area contributed by atoms with Crippen LogP contribution in [0.5, 0.6) is 5.75 Å². The molecule has 1 N–H and O–H groups in total. The molecule has 0 fully saturated rings. The maximum absolute atomic E-state index is 12.2. The average Bonchev–Trinajstić information content (AvgIpc) is 3.00. The van der Waals surface area contributed by atoms with Crippen LogP contribution in [0, 0.1) is 13.8 Å². The van der Waals surface area contributed by atoms with Gasteiger partial charge in [-0.3, -0.25) is 9.59 Å². The number of esters is 1. The number of likely N-dealkylation sites (N-methyl/N-ethyl adjacent to an activating group) is 1. The summed E-state index contributed by atoms with van der Waals surface area (Å²) in [6, 6.07) is 6.38. The van der Waals surface area contributed by atoms with Crippen LogP contribution in [-0.2, 0) is 20.9 Å². The highest BCUT2D eigenvalue weighted by Gasteiger charge is 2.19. The van der Waals surface area contributed by atoms with Crippen LogP contribution in [0.4, 0.5) is 0 Å². The van der Waals surface area contributed by atoms with Gasteiger partial charge in [-0.05, 0) is 58.9 Å². The number of aryl methyl sites for hydroxylation is 2. The van der Waals surface area contributed by atoms with Crippen LogP contribution in [0.3, 0.4) is 0 Å². The van der Waals surface area contributed by atoms with Crippen LogP contribution in [-0.4, -0.2) is 53.6 Å². The molecule has 0 unspecified atom stereocenters. The summed E-state index contributed by atoms with van der Waals surface area (Å²) < 4.78 is 15.9. The number of ether oxygens (including phenoxy) is 2. The molecule has 2 aromatic rings. The Kier molecular flexibility index (Phi) is 7.79. The Morgan fingerprint density at radius 3 is 2.32 bits per heavy atom. The van der Waals surface area contributed by atoms with Crippen molar-refractivity contribution < 1.29 is 28.4 Å². The highest BCUT2D eigenvalue weighted by atomic mass is 16.5. The third-order valence-corrected chi connectivity index (χ3v) is 4.30. The second kappa shape index (κ2) is 10.1. The summed E-state index contributed by atoms with van der Waals surface area (Å²) in [5, 5.41) is 6.64. The third kappa shape index (κ3) is 7.44. The zero-order chi connectivity index (χ0) is 23.2. The summed E-state index contributed by atoms with van der Waals surface area (Å²) in [4.78, 5) is 37.4. The molecule has 9 heteroatoms. The van der Waals surface area contributed by atoms with E-state index < -0.39 is 24.0 Å². The number of hydrogen-bond acceptors (Lipinski definition) is 7. The Morgan fingerprint density at radius 2 is 1.77 bits per heavy atom. The smallest absolute Gasteiger partial charge is 0.338 e. The SMILES string of the molecule is Cc1noc(C)c1COc1ccc(C(=O)OCC(=O)N(C)CC(=O)NC(C)(C)C)cc1. The van der Waals surface area contributed by atoms with E-state index in [1.54, 1.807) is 24.3 Å². The van der Waals surface area contributed by atoms with Crippen LogP contribution in [0.25, 0.3) is 0 Å². The summed E-state index contributed by atoms with van der Waals surface area (Å²) in [6.45, 7) is 8.92. The molecule has 2 amide bonds. The first-order valence-corrected chi connectivity index (χ1v) is 9.83. The maximum atomic E-state index is 12.2. The zero-order valence-corrected chi connectivity index (χ0v) is 18.8. The van der Waals surface area contributed by atoms with Crippen molar-refractivity contribution in [2.45, 2.75) is 46.8 Å². The number of nitrogens with one attached hydrogen (secondary N) is 1. The van der Waals surface area contributed by atoms with Crippen molar-refractivity contribution in [2.24, 2.45) is 0 Å². The minimum Gasteiger partial charge on any atom is -0.489 e. The molecule has 0 aliphatic carbocycles. The van der Waals surface area contributed by atoms with Crippen LogP contribution in [0.2, 0.25) is 0 Å². The number of hydrogen-bond donors (Lipinski definition) is 1. The van der Waals surface area contributed by atoms with E-state index in [4.69, 9.17) is 14.0 Å². The molecule has 2 rings (SSSR count). The second-order valence-corrected chi connectivity index (χ2v) is 8.24. The Balaban J connectivity index is 1.81. The second-order valence-electron chi connectivity index (χ2n) is 8.24. The first-order valence-electron chi connectivity index (χ1n) is 9.83. The van der Waals surface area contributed by atoms with Gasteiger partial charge in [-0.1, -0.05) is 5.16 Å². The van der Waals surface area contributed by atoms with Crippen molar-refractivity contribution in [3.05, 3.63) is 46.8 Å². The molecule has 9 nitrogen and oxygen atoms in total. The quantitative estimate of drug-likeness (QED) is 0.639. The lowest BCUT2D eigenvalue weighted by Gasteiger charge is -2.23. The third-order valence-electron chi connectivity index (χ3n) is 4.30. The van der Waals surface area contributed by atoms with Crippen LogP contribution in [0.15, 0.2) is 28.8 Å². The van der Waals surface area contributed by atoms with Gasteiger partial charge in [0.25, 0.3) is 5.91 Å². The van der Waals surface area contributed by atoms with Crippen molar-refractivity contribution in [1.29, 1.82) is 0 Å². The molecule has 0 aliphatic heterocycles. The van der Waals surface area contributed by atoms with Gasteiger partial charge in [0, 0.05) is 12.6 Å². The van der Waals surface area contributed by atoms with Gasteiger partial charge in [0.2, 0.25) is 5.91 Å². The molecular weight excluding hydrogens is 402 g/mol. The number of carbonyl (C=O) groups excluding carboxylic acids is 3. The van der Waals surface area contributed by atoms with Gasteiger partial charge >= 0.3 is 5.97 Å². The zero-order valence-electron chi connectivity index (χ0n) is 18.8. The highest BCUT2D eigenvalue weighted by molar-refractivity contribution is 5.92. The van der Waals surface area contributed by atoms with Crippen molar-refractivity contribution >= 4 is 17.8 Å². The van der Waals surface area contributed by atoms with Crippen LogP contribution in [0.1, 0.15) is 48.1 Å². The number of benzene rings is 1. The van der Waals surface area contributed by atoms with Crippen LogP contribution < -0.4 is 10.1 Å². The van der Waals surface area contributed by atoms with E-state index in [-0.39, 0.29) is 18.0 Å². The molecule has 31 heavy (non-hydrogen) atoms. The summed E-state index contributed by atoms with van der Waals surface area (Å²) in [5.41, 5.74) is 1.53. The Hall–Kier alpha value is -3.36. The van der Waals surface area contributed by atoms with Gasteiger partial charge in [-0.15, -0.1) is 0 Å². The maximum Gasteiger partial charge on any atom is 0.338 e. The molecule has 168 valence electrons. The van der Waals surface area contributed by atoms with E-state index in [1.807, 2.05) is 34.6 Å². The number of aromatic nitrogens is 1. The molecule has 1 aromatic heterocycles. The lowest BCUT2D eigenvalue weighted by Crippen LogP contribution is -2.46. The summed E-state index contributed by atoms with van der Waals surface area (Å²) in [5.74, 6) is -0.141. The first kappa shape index (κ1) is 23.9. The number of rotatable bonds is 8. The summed E-state index contributed by atoms with van der Waals surface area (Å²) >= 11 is 0. The lowest BCUT2D eigenvalue weighted by atomic mass is 10.1. The van der Waals surface area contributed by atoms with Gasteiger partial charge < -0.3 is 24.2 Å². The van der Waals surface area contributed by atoms with Crippen molar-refractivity contribution in [3.63, 3.8) is 0 Å². The molecule has 0 radical (unpaired) electrons. The number of carbonyl (C=O) groups is 3. The predicted octanol–water partition coefficient (Wildman–Crippen LogP) is 2.40. The van der Waals surface area contributed by atoms with Crippen molar-refractivity contribution in [3.8, 4) is 5.75 Å². The van der Waals surface area contributed by atoms with E-state index in [0.29, 0.717) is 18.1 Å². The summed E-state index contributed by atoms with van der Waals surface area (Å²) in [7, 11) is 1.48. The number of nitrogens with zero attached hydrogens (tertiary/aromatic N) is 2. The van der Waals surface area contributed by atoms with Crippen molar-refractivity contribution in [2.75, 3.05) is 20.2 Å². The fraction of sp³-hybridized carbons (Fsp3) is 0.455. The van der Waals surface area contributed by atoms with Gasteiger partial charge in [-0.2, -0.15) is 0 Å². The fourth-order valence-electron chi connectivity index (χ4n) is 2.63. The van der Waals surface area contributed by atoms with Crippen molar-refractivity contribution in [1.82, 2.24) is 15.4 Å². The largest absolute Gasteiger partial charge is 0.489 e. The van der Waals surface area contributed by atoms with Crippen LogP contribution >= 0.6 is 0 Å². The van der Waals surface area contributed by atoms with Gasteiger partial charge in [0.15, 0.2) is 6.61 Å². The predicted molar refractivity (Wildman–Crippen MR) is 113 cm³/mol.